The van der Waals surface area contributed by atoms with Crippen LogP contribution in [0.1, 0.15) is 29.3 Å². The number of piperazine rings is 1. The van der Waals surface area contributed by atoms with Crippen LogP contribution in [-0.2, 0) is 11.2 Å². The molecule has 0 spiro atoms. The first-order chi connectivity index (χ1) is 13.6. The van der Waals surface area contributed by atoms with Crippen molar-refractivity contribution >= 4 is 23.4 Å². The zero-order valence-corrected chi connectivity index (χ0v) is 16.8. The summed E-state index contributed by atoms with van der Waals surface area (Å²) in [7, 11) is 0. The van der Waals surface area contributed by atoms with Crippen molar-refractivity contribution in [2.24, 2.45) is 0 Å². The molecule has 28 heavy (non-hydrogen) atoms. The third-order valence-corrected chi connectivity index (χ3v) is 4.99. The number of benzene rings is 2. The van der Waals surface area contributed by atoms with Crippen molar-refractivity contribution in [1.29, 1.82) is 0 Å². The van der Waals surface area contributed by atoms with E-state index in [2.05, 4.69) is 0 Å². The fourth-order valence-corrected chi connectivity index (χ4v) is 3.30. The molecule has 1 aliphatic heterocycles. The second-order valence-corrected chi connectivity index (χ2v) is 7.29. The first-order valence-corrected chi connectivity index (χ1v) is 9.99. The fraction of sp³-hybridized carbons (Fsp3) is 0.364. The van der Waals surface area contributed by atoms with Gasteiger partial charge in [0.1, 0.15) is 5.75 Å². The maximum absolute atomic E-state index is 12.8. The molecule has 0 atom stereocenters. The summed E-state index contributed by atoms with van der Waals surface area (Å²) in [6.45, 7) is 4.83. The van der Waals surface area contributed by atoms with E-state index in [4.69, 9.17) is 16.3 Å². The van der Waals surface area contributed by atoms with Crippen LogP contribution >= 0.6 is 11.6 Å². The van der Waals surface area contributed by atoms with E-state index < -0.39 is 0 Å². The molecule has 0 aromatic heterocycles. The molecule has 2 amide bonds. The summed E-state index contributed by atoms with van der Waals surface area (Å²) in [5, 5.41) is 0.660. The van der Waals surface area contributed by atoms with Gasteiger partial charge < -0.3 is 14.5 Å². The van der Waals surface area contributed by atoms with Crippen LogP contribution in [0.25, 0.3) is 0 Å². The van der Waals surface area contributed by atoms with Crippen LogP contribution in [-0.4, -0.2) is 54.4 Å². The summed E-state index contributed by atoms with van der Waals surface area (Å²) >= 11 is 5.89. The Hall–Kier alpha value is -2.53. The lowest BCUT2D eigenvalue weighted by molar-refractivity contribution is -0.131. The molecule has 0 bridgehead atoms. The Balaban J connectivity index is 1.53. The summed E-state index contributed by atoms with van der Waals surface area (Å²) < 4.78 is 5.61. The van der Waals surface area contributed by atoms with Gasteiger partial charge in [-0.15, -0.1) is 0 Å². The third kappa shape index (κ3) is 5.26. The van der Waals surface area contributed by atoms with Crippen LogP contribution in [0.3, 0.4) is 0 Å². The minimum atomic E-state index is -0.0215. The molecular formula is C22H25ClN2O3. The van der Waals surface area contributed by atoms with Crippen LogP contribution < -0.4 is 4.74 Å². The van der Waals surface area contributed by atoms with E-state index in [0.717, 1.165) is 12.0 Å². The van der Waals surface area contributed by atoms with Gasteiger partial charge in [-0.2, -0.15) is 0 Å². The lowest BCUT2D eigenvalue weighted by atomic mass is 10.1. The highest BCUT2D eigenvalue weighted by Gasteiger charge is 2.25. The molecule has 2 aromatic carbocycles. The van der Waals surface area contributed by atoms with Crippen LogP contribution in [0.5, 0.6) is 5.75 Å². The topological polar surface area (TPSA) is 49.9 Å². The SMILES string of the molecule is CCCOc1cccc(C(=O)N2CCN(C(=O)Cc3ccc(Cl)cc3)CC2)c1. The molecule has 0 N–H and O–H groups in total. The van der Waals surface area contributed by atoms with Gasteiger partial charge in [0.05, 0.1) is 13.0 Å². The van der Waals surface area contributed by atoms with Gasteiger partial charge in [-0.3, -0.25) is 9.59 Å². The molecule has 6 heteroatoms. The number of carbonyl (C=O) groups is 2. The maximum atomic E-state index is 12.8. The number of halogens is 1. The zero-order chi connectivity index (χ0) is 19.9. The van der Waals surface area contributed by atoms with E-state index in [-0.39, 0.29) is 11.8 Å². The highest BCUT2D eigenvalue weighted by atomic mass is 35.5. The van der Waals surface area contributed by atoms with Crippen molar-refractivity contribution in [1.82, 2.24) is 9.80 Å². The minimum absolute atomic E-state index is 0.0215. The van der Waals surface area contributed by atoms with Crippen LogP contribution in [0, 0.1) is 0 Å². The molecule has 3 rings (SSSR count). The van der Waals surface area contributed by atoms with Gasteiger partial charge in [-0.25, -0.2) is 0 Å². The van der Waals surface area contributed by atoms with Gasteiger partial charge in [0.25, 0.3) is 5.91 Å². The smallest absolute Gasteiger partial charge is 0.254 e. The van der Waals surface area contributed by atoms with Crippen molar-refractivity contribution in [3.8, 4) is 5.75 Å². The van der Waals surface area contributed by atoms with Crippen LogP contribution in [0.2, 0.25) is 5.02 Å². The van der Waals surface area contributed by atoms with E-state index in [1.54, 1.807) is 29.2 Å². The van der Waals surface area contributed by atoms with Crippen molar-refractivity contribution < 1.29 is 14.3 Å². The number of nitrogens with zero attached hydrogens (tertiary/aromatic N) is 2. The van der Waals surface area contributed by atoms with Crippen molar-refractivity contribution in [3.05, 3.63) is 64.7 Å². The highest BCUT2D eigenvalue weighted by molar-refractivity contribution is 6.30. The number of hydrogen-bond donors (Lipinski definition) is 0. The summed E-state index contributed by atoms with van der Waals surface area (Å²) in [4.78, 5) is 28.9. The van der Waals surface area contributed by atoms with Crippen LogP contribution in [0.15, 0.2) is 48.5 Å². The Labute approximate surface area is 170 Å². The molecule has 1 aliphatic rings. The monoisotopic (exact) mass is 400 g/mol. The summed E-state index contributed by atoms with van der Waals surface area (Å²) in [5.41, 5.74) is 1.56. The Morgan fingerprint density at radius 1 is 1.00 bits per heavy atom. The molecule has 0 saturated carbocycles. The largest absolute Gasteiger partial charge is 0.494 e. The van der Waals surface area contributed by atoms with E-state index in [9.17, 15) is 9.59 Å². The van der Waals surface area contributed by atoms with E-state index in [1.165, 1.54) is 0 Å². The second-order valence-electron chi connectivity index (χ2n) is 6.85. The van der Waals surface area contributed by atoms with Gasteiger partial charge in [0, 0.05) is 36.8 Å². The van der Waals surface area contributed by atoms with Crippen LogP contribution in [0.4, 0.5) is 0 Å². The lowest BCUT2D eigenvalue weighted by Crippen LogP contribution is -2.51. The summed E-state index contributed by atoms with van der Waals surface area (Å²) in [5.74, 6) is 0.764. The van der Waals surface area contributed by atoms with Gasteiger partial charge in [0.2, 0.25) is 5.91 Å². The number of amides is 2. The normalized spacial score (nSPS) is 14.1. The maximum Gasteiger partial charge on any atom is 0.254 e. The zero-order valence-electron chi connectivity index (χ0n) is 16.1. The molecule has 1 fully saturated rings. The average molecular weight is 401 g/mol. The van der Waals surface area contributed by atoms with Crippen molar-refractivity contribution in [2.45, 2.75) is 19.8 Å². The first-order valence-electron chi connectivity index (χ1n) is 9.61. The number of carbonyl (C=O) groups excluding carboxylic acids is 2. The van der Waals surface area contributed by atoms with E-state index in [0.29, 0.717) is 55.5 Å². The first kappa shape index (κ1) is 20.2. The van der Waals surface area contributed by atoms with Crippen molar-refractivity contribution in [3.63, 3.8) is 0 Å². The van der Waals surface area contributed by atoms with Gasteiger partial charge in [-0.1, -0.05) is 36.7 Å². The number of rotatable bonds is 6. The number of ether oxygens (including phenoxy) is 1. The number of hydrogen-bond acceptors (Lipinski definition) is 3. The summed E-state index contributed by atoms with van der Waals surface area (Å²) in [6, 6.07) is 14.6. The molecule has 1 heterocycles. The molecule has 2 aromatic rings. The van der Waals surface area contributed by atoms with Crippen molar-refractivity contribution in [2.75, 3.05) is 32.8 Å². The Kier molecular flexibility index (Phi) is 6.93. The third-order valence-electron chi connectivity index (χ3n) is 4.74. The van der Waals surface area contributed by atoms with Gasteiger partial charge >= 0.3 is 0 Å². The molecule has 148 valence electrons. The Morgan fingerprint density at radius 2 is 1.68 bits per heavy atom. The fourth-order valence-electron chi connectivity index (χ4n) is 3.17. The Morgan fingerprint density at radius 3 is 2.36 bits per heavy atom. The average Bonchev–Trinajstić information content (AvgIpc) is 2.73. The van der Waals surface area contributed by atoms with Gasteiger partial charge in [0.15, 0.2) is 0 Å². The lowest BCUT2D eigenvalue weighted by Gasteiger charge is -2.35. The predicted octanol–water partition coefficient (Wildman–Crippen LogP) is 3.66. The molecule has 0 aliphatic carbocycles. The molecular weight excluding hydrogens is 376 g/mol. The quantitative estimate of drug-likeness (QED) is 0.743. The summed E-state index contributed by atoms with van der Waals surface area (Å²) in [6.07, 6.45) is 1.27. The van der Waals surface area contributed by atoms with E-state index in [1.807, 2.05) is 36.1 Å². The molecule has 5 nitrogen and oxygen atoms in total. The molecule has 0 radical (unpaired) electrons. The highest BCUT2D eigenvalue weighted by Crippen LogP contribution is 2.17. The second kappa shape index (κ2) is 9.60. The minimum Gasteiger partial charge on any atom is -0.494 e. The van der Waals surface area contributed by atoms with E-state index >= 15 is 0 Å². The molecule has 1 saturated heterocycles. The standard InChI is InChI=1S/C22H25ClN2O3/c1-2-14-28-20-5-3-4-18(16-20)22(27)25-12-10-24(11-13-25)21(26)15-17-6-8-19(23)9-7-17/h3-9,16H,2,10-15H2,1H3. The molecule has 0 unspecified atom stereocenters. The van der Waals surface area contributed by atoms with Gasteiger partial charge in [-0.05, 0) is 42.3 Å². The Bertz CT molecular complexity index is 815. The predicted molar refractivity (Wildman–Crippen MR) is 110 cm³/mol.